The number of halogens is 1. The number of likely N-dealkylation sites (N-methyl/N-ethyl adjacent to an activating group) is 1. The topological polar surface area (TPSA) is 58.4 Å². The molecule has 0 spiro atoms. The van der Waals surface area contributed by atoms with Gasteiger partial charge >= 0.3 is 0 Å². The molecule has 0 aliphatic rings. The molecule has 0 fully saturated rings. The molecule has 4 nitrogen and oxygen atoms in total. The highest BCUT2D eigenvalue weighted by molar-refractivity contribution is 9.10. The second kappa shape index (κ2) is 6.87. The Kier molecular flexibility index (Phi) is 5.78. The molecule has 0 bridgehead atoms. The normalized spacial score (nSPS) is 12.7. The van der Waals surface area contributed by atoms with E-state index in [1.807, 2.05) is 39.2 Å². The van der Waals surface area contributed by atoms with Gasteiger partial charge in [0.25, 0.3) is 0 Å². The van der Waals surface area contributed by atoms with E-state index in [4.69, 9.17) is 5.73 Å². The van der Waals surface area contributed by atoms with E-state index in [-0.39, 0.29) is 5.91 Å². The largest absolute Gasteiger partial charge is 0.368 e. The number of primary amides is 1. The summed E-state index contributed by atoms with van der Waals surface area (Å²) in [5.41, 5.74) is 7.48. The summed E-state index contributed by atoms with van der Waals surface area (Å²) in [7, 11) is 3.98. The van der Waals surface area contributed by atoms with Crippen molar-refractivity contribution in [2.24, 2.45) is 5.73 Å². The first kappa shape index (κ1) is 15.1. The van der Waals surface area contributed by atoms with E-state index in [0.29, 0.717) is 6.54 Å². The Bertz CT molecular complexity index is 421. The molecule has 18 heavy (non-hydrogen) atoms. The average molecular weight is 314 g/mol. The van der Waals surface area contributed by atoms with Crippen LogP contribution >= 0.6 is 15.9 Å². The van der Waals surface area contributed by atoms with Crippen molar-refractivity contribution < 1.29 is 4.79 Å². The summed E-state index contributed by atoms with van der Waals surface area (Å²) in [5.74, 6) is -0.363. The van der Waals surface area contributed by atoms with Crippen molar-refractivity contribution in [3.8, 4) is 0 Å². The van der Waals surface area contributed by atoms with Crippen molar-refractivity contribution in [3.05, 3.63) is 33.8 Å². The van der Waals surface area contributed by atoms with Gasteiger partial charge in [-0.3, -0.25) is 4.79 Å². The van der Waals surface area contributed by atoms with Crippen molar-refractivity contribution in [1.29, 1.82) is 0 Å². The minimum atomic E-state index is -0.458. The van der Waals surface area contributed by atoms with E-state index in [1.54, 1.807) is 0 Å². The monoisotopic (exact) mass is 313 g/mol. The van der Waals surface area contributed by atoms with Gasteiger partial charge in [-0.05, 0) is 38.2 Å². The first-order chi connectivity index (χ1) is 8.41. The first-order valence-corrected chi connectivity index (χ1v) is 6.64. The molecule has 1 unspecified atom stereocenters. The third-order valence-corrected chi connectivity index (χ3v) is 3.35. The molecule has 100 valence electrons. The Labute approximate surface area is 117 Å². The van der Waals surface area contributed by atoms with Gasteiger partial charge in [0, 0.05) is 17.6 Å². The lowest BCUT2D eigenvalue weighted by Gasteiger charge is -2.19. The van der Waals surface area contributed by atoms with Crippen LogP contribution in [0.25, 0.3) is 0 Å². The fourth-order valence-corrected chi connectivity index (χ4v) is 2.38. The fraction of sp³-hybridized carbons (Fsp3) is 0.462. The van der Waals surface area contributed by atoms with E-state index in [1.165, 1.54) is 0 Å². The van der Waals surface area contributed by atoms with Gasteiger partial charge in [0.1, 0.15) is 6.04 Å². The van der Waals surface area contributed by atoms with Crippen molar-refractivity contribution in [1.82, 2.24) is 10.2 Å². The molecule has 1 atom stereocenters. The number of carbonyl (C=O) groups excluding carboxylic acids is 1. The number of carbonyl (C=O) groups is 1. The van der Waals surface area contributed by atoms with Crippen LogP contribution in [0.3, 0.4) is 0 Å². The van der Waals surface area contributed by atoms with Gasteiger partial charge in [0.05, 0.1) is 0 Å². The number of nitrogens with two attached hydrogens (primary N) is 1. The lowest BCUT2D eigenvalue weighted by Crippen LogP contribution is -2.37. The molecule has 0 radical (unpaired) electrons. The number of hydrogen-bond donors (Lipinski definition) is 2. The maximum atomic E-state index is 11.5. The summed E-state index contributed by atoms with van der Waals surface area (Å²) < 4.78 is 0.906. The van der Waals surface area contributed by atoms with Crippen molar-refractivity contribution in [2.45, 2.75) is 13.0 Å². The summed E-state index contributed by atoms with van der Waals surface area (Å²) in [6.45, 7) is 3.57. The van der Waals surface area contributed by atoms with Crippen LogP contribution in [-0.4, -0.2) is 38.0 Å². The predicted octanol–water partition coefficient (Wildman–Crippen LogP) is 1.44. The van der Waals surface area contributed by atoms with Gasteiger partial charge in [0.15, 0.2) is 0 Å². The van der Waals surface area contributed by atoms with Crippen LogP contribution < -0.4 is 11.1 Å². The van der Waals surface area contributed by atoms with Gasteiger partial charge < -0.3 is 16.0 Å². The number of nitrogens with zero attached hydrogens (tertiary/aromatic N) is 1. The van der Waals surface area contributed by atoms with E-state index in [2.05, 4.69) is 26.1 Å². The van der Waals surface area contributed by atoms with Crippen LogP contribution in [0.5, 0.6) is 0 Å². The Balaban J connectivity index is 2.81. The van der Waals surface area contributed by atoms with Gasteiger partial charge in [-0.2, -0.15) is 0 Å². The van der Waals surface area contributed by atoms with Gasteiger partial charge in [-0.1, -0.05) is 28.1 Å². The number of nitrogens with one attached hydrogen (secondary N) is 1. The third-order valence-electron chi connectivity index (χ3n) is 2.66. The molecule has 3 N–H and O–H groups in total. The molecule has 1 rings (SSSR count). The maximum Gasteiger partial charge on any atom is 0.239 e. The van der Waals surface area contributed by atoms with Crippen LogP contribution in [0.1, 0.15) is 17.2 Å². The second-order valence-electron chi connectivity index (χ2n) is 4.62. The standard InChI is InChI=1S/C13H20BrN3O/c1-9-4-5-10(11(14)8-9)12(13(15)18)16-6-7-17(2)3/h4-5,8,12,16H,6-7H2,1-3H3,(H2,15,18). The Morgan fingerprint density at radius 3 is 2.67 bits per heavy atom. The smallest absolute Gasteiger partial charge is 0.239 e. The molecule has 0 saturated heterocycles. The summed E-state index contributed by atoms with van der Waals surface area (Å²) >= 11 is 3.48. The van der Waals surface area contributed by atoms with E-state index < -0.39 is 6.04 Å². The highest BCUT2D eigenvalue weighted by atomic mass is 79.9. The summed E-state index contributed by atoms with van der Waals surface area (Å²) in [5, 5.41) is 3.18. The van der Waals surface area contributed by atoms with Gasteiger partial charge in [-0.25, -0.2) is 0 Å². The van der Waals surface area contributed by atoms with Crippen LogP contribution in [0, 0.1) is 6.92 Å². The first-order valence-electron chi connectivity index (χ1n) is 5.85. The van der Waals surface area contributed by atoms with E-state index in [9.17, 15) is 4.79 Å². The zero-order valence-corrected chi connectivity index (χ0v) is 12.6. The number of hydrogen-bond acceptors (Lipinski definition) is 3. The molecule has 1 aromatic carbocycles. The fourth-order valence-electron chi connectivity index (χ4n) is 1.66. The SMILES string of the molecule is Cc1ccc(C(NCCN(C)C)C(N)=O)c(Br)c1. The van der Waals surface area contributed by atoms with E-state index in [0.717, 1.165) is 22.1 Å². The molecule has 0 saturated carbocycles. The van der Waals surface area contributed by atoms with Gasteiger partial charge in [-0.15, -0.1) is 0 Å². The zero-order valence-electron chi connectivity index (χ0n) is 11.0. The lowest BCUT2D eigenvalue weighted by molar-refractivity contribution is -0.120. The lowest BCUT2D eigenvalue weighted by atomic mass is 10.0. The Morgan fingerprint density at radius 1 is 1.50 bits per heavy atom. The highest BCUT2D eigenvalue weighted by Crippen LogP contribution is 2.24. The summed E-state index contributed by atoms with van der Waals surface area (Å²) in [6.07, 6.45) is 0. The quantitative estimate of drug-likeness (QED) is 0.835. The summed E-state index contributed by atoms with van der Waals surface area (Å²) in [4.78, 5) is 13.6. The summed E-state index contributed by atoms with van der Waals surface area (Å²) in [6, 6.07) is 5.43. The number of benzene rings is 1. The predicted molar refractivity (Wildman–Crippen MR) is 77.4 cm³/mol. The van der Waals surface area contributed by atoms with E-state index >= 15 is 0 Å². The van der Waals surface area contributed by atoms with Crippen LogP contribution in [0.4, 0.5) is 0 Å². The average Bonchev–Trinajstić information content (AvgIpc) is 2.25. The second-order valence-corrected chi connectivity index (χ2v) is 5.47. The third kappa shape index (κ3) is 4.40. The molecule has 1 amide bonds. The molecular formula is C13H20BrN3O. The molecule has 0 aliphatic carbocycles. The highest BCUT2D eigenvalue weighted by Gasteiger charge is 2.19. The van der Waals surface area contributed by atoms with Crippen molar-refractivity contribution >= 4 is 21.8 Å². The Morgan fingerprint density at radius 2 is 2.17 bits per heavy atom. The number of rotatable bonds is 6. The molecule has 0 heterocycles. The number of amides is 1. The van der Waals surface area contributed by atoms with Crippen molar-refractivity contribution in [2.75, 3.05) is 27.2 Å². The molecular weight excluding hydrogens is 294 g/mol. The van der Waals surface area contributed by atoms with Crippen LogP contribution in [-0.2, 0) is 4.79 Å². The molecule has 5 heteroatoms. The van der Waals surface area contributed by atoms with Gasteiger partial charge in [0.2, 0.25) is 5.91 Å². The van der Waals surface area contributed by atoms with Crippen LogP contribution in [0.2, 0.25) is 0 Å². The van der Waals surface area contributed by atoms with Crippen LogP contribution in [0.15, 0.2) is 22.7 Å². The molecule has 0 aliphatic heterocycles. The molecule has 0 aromatic heterocycles. The minimum absolute atomic E-state index is 0.363. The molecule has 1 aromatic rings. The maximum absolute atomic E-state index is 11.5. The Hall–Kier alpha value is -0.910. The zero-order chi connectivity index (χ0) is 13.7. The van der Waals surface area contributed by atoms with Crippen molar-refractivity contribution in [3.63, 3.8) is 0 Å². The number of aryl methyl sites for hydroxylation is 1. The minimum Gasteiger partial charge on any atom is -0.368 e.